The fraction of sp³-hybridized carbons (Fsp3) is 0.0625. The van der Waals surface area contributed by atoms with Crippen LogP contribution in [-0.2, 0) is 4.79 Å². The minimum absolute atomic E-state index is 0.158. The SMILES string of the molecule is CC(=O)O.Nc1cc(C(=O)O)c(Cl)cc1F.O=C(O)c1cc([N+](=O)[O-])c(F)cc1Cl. The van der Waals surface area contributed by atoms with Crippen molar-refractivity contribution in [3.8, 4) is 0 Å². The van der Waals surface area contributed by atoms with Gasteiger partial charge in [0.25, 0.3) is 5.97 Å². The Morgan fingerprint density at radius 2 is 1.30 bits per heavy atom. The third-order valence-corrected chi connectivity index (χ3v) is 3.41. The van der Waals surface area contributed by atoms with Gasteiger partial charge in [-0.25, -0.2) is 14.0 Å². The highest BCUT2D eigenvalue weighted by Crippen LogP contribution is 2.25. The Hall–Kier alpha value is -3.51. The van der Waals surface area contributed by atoms with Crippen LogP contribution < -0.4 is 5.73 Å². The van der Waals surface area contributed by atoms with Crippen LogP contribution in [0.25, 0.3) is 0 Å². The van der Waals surface area contributed by atoms with Crippen LogP contribution in [0.4, 0.5) is 20.2 Å². The number of hydrogen-bond donors (Lipinski definition) is 4. The molecule has 0 spiro atoms. The molecule has 0 saturated carbocycles. The summed E-state index contributed by atoms with van der Waals surface area (Å²) in [5, 5.41) is 34.2. The van der Waals surface area contributed by atoms with Crippen LogP contribution >= 0.6 is 23.2 Å². The maximum atomic E-state index is 12.8. The zero-order chi connectivity index (χ0) is 23.8. The molecular formula is C16H12Cl2F2N2O8. The van der Waals surface area contributed by atoms with Crippen molar-refractivity contribution >= 4 is 52.5 Å². The molecule has 0 amide bonds. The lowest BCUT2D eigenvalue weighted by molar-refractivity contribution is -0.387. The molecule has 0 heterocycles. The third kappa shape index (κ3) is 8.24. The summed E-state index contributed by atoms with van der Waals surface area (Å²) in [5.41, 5.74) is 3.30. The molecule has 0 atom stereocenters. The fourth-order valence-electron chi connectivity index (χ4n) is 1.57. The zero-order valence-electron chi connectivity index (χ0n) is 14.7. The number of carboxylic acids is 3. The third-order valence-electron chi connectivity index (χ3n) is 2.78. The van der Waals surface area contributed by atoms with Gasteiger partial charge < -0.3 is 21.1 Å². The summed E-state index contributed by atoms with van der Waals surface area (Å²) in [4.78, 5) is 39.1. The van der Waals surface area contributed by atoms with Crippen LogP contribution in [0.5, 0.6) is 0 Å². The monoisotopic (exact) mass is 468 g/mol. The van der Waals surface area contributed by atoms with E-state index in [2.05, 4.69) is 0 Å². The van der Waals surface area contributed by atoms with Crippen LogP contribution in [-0.4, -0.2) is 38.2 Å². The molecule has 0 aliphatic heterocycles. The lowest BCUT2D eigenvalue weighted by Crippen LogP contribution is -2.01. The van der Waals surface area contributed by atoms with E-state index >= 15 is 0 Å². The van der Waals surface area contributed by atoms with E-state index in [1.165, 1.54) is 0 Å². The molecule has 2 aromatic carbocycles. The summed E-state index contributed by atoms with van der Waals surface area (Å²) in [7, 11) is 0. The summed E-state index contributed by atoms with van der Waals surface area (Å²) in [6.07, 6.45) is 0. The molecule has 0 aliphatic rings. The van der Waals surface area contributed by atoms with Gasteiger partial charge >= 0.3 is 17.6 Å². The molecular weight excluding hydrogens is 457 g/mol. The van der Waals surface area contributed by atoms with Gasteiger partial charge in [0.05, 0.1) is 31.8 Å². The van der Waals surface area contributed by atoms with Gasteiger partial charge in [-0.3, -0.25) is 14.9 Å². The van der Waals surface area contributed by atoms with E-state index in [4.69, 9.17) is 49.0 Å². The lowest BCUT2D eigenvalue weighted by atomic mass is 10.2. The van der Waals surface area contributed by atoms with Crippen molar-refractivity contribution in [3.05, 3.63) is 67.2 Å². The van der Waals surface area contributed by atoms with Crippen molar-refractivity contribution in [1.29, 1.82) is 0 Å². The molecule has 0 bridgehead atoms. The molecule has 0 aromatic heterocycles. The van der Waals surface area contributed by atoms with Gasteiger partial charge in [0.2, 0.25) is 5.82 Å². The largest absolute Gasteiger partial charge is 0.481 e. The Morgan fingerprint density at radius 3 is 1.67 bits per heavy atom. The second-order valence-electron chi connectivity index (χ2n) is 5.02. The van der Waals surface area contributed by atoms with Crippen LogP contribution in [0.3, 0.4) is 0 Å². The topological polar surface area (TPSA) is 181 Å². The van der Waals surface area contributed by atoms with Crippen LogP contribution in [0.15, 0.2) is 24.3 Å². The molecule has 2 aromatic rings. The number of benzene rings is 2. The Labute approximate surface area is 176 Å². The maximum absolute atomic E-state index is 12.8. The molecule has 14 heteroatoms. The summed E-state index contributed by atoms with van der Waals surface area (Å²) < 4.78 is 25.4. The van der Waals surface area contributed by atoms with E-state index in [0.29, 0.717) is 12.1 Å². The lowest BCUT2D eigenvalue weighted by Gasteiger charge is -2.00. The van der Waals surface area contributed by atoms with Gasteiger partial charge in [0.15, 0.2) is 0 Å². The Morgan fingerprint density at radius 1 is 0.933 bits per heavy atom. The molecule has 162 valence electrons. The number of aromatic carboxylic acids is 2. The van der Waals surface area contributed by atoms with E-state index in [-0.39, 0.29) is 21.3 Å². The average molecular weight is 469 g/mol. The van der Waals surface area contributed by atoms with E-state index < -0.39 is 45.7 Å². The molecule has 0 saturated heterocycles. The summed E-state index contributed by atoms with van der Waals surface area (Å²) in [6.45, 7) is 1.08. The highest BCUT2D eigenvalue weighted by Gasteiger charge is 2.20. The Kier molecular flexibility index (Phi) is 10.1. The highest BCUT2D eigenvalue weighted by atomic mass is 35.5. The van der Waals surface area contributed by atoms with E-state index in [1.54, 1.807) is 0 Å². The predicted molar refractivity (Wildman–Crippen MR) is 101 cm³/mol. The number of hydrogen-bond acceptors (Lipinski definition) is 6. The number of carbonyl (C=O) groups is 3. The van der Waals surface area contributed by atoms with Crippen molar-refractivity contribution in [2.24, 2.45) is 0 Å². The molecule has 0 unspecified atom stereocenters. The van der Waals surface area contributed by atoms with Gasteiger partial charge in [0, 0.05) is 19.1 Å². The highest BCUT2D eigenvalue weighted by molar-refractivity contribution is 6.34. The fourth-order valence-corrected chi connectivity index (χ4v) is 2.03. The van der Waals surface area contributed by atoms with Crippen molar-refractivity contribution < 1.29 is 43.4 Å². The van der Waals surface area contributed by atoms with E-state index in [9.17, 15) is 28.5 Å². The molecule has 0 radical (unpaired) electrons. The van der Waals surface area contributed by atoms with Gasteiger partial charge in [0.1, 0.15) is 5.82 Å². The van der Waals surface area contributed by atoms with Gasteiger partial charge in [-0.05, 0) is 12.1 Å². The minimum atomic E-state index is -1.45. The summed E-state index contributed by atoms with van der Waals surface area (Å²) in [6, 6.07) is 3.05. The molecule has 5 N–H and O–H groups in total. The number of carboxylic acid groups (broad SMARTS) is 3. The smallest absolute Gasteiger partial charge is 0.337 e. The van der Waals surface area contributed by atoms with Crippen LogP contribution in [0.2, 0.25) is 10.0 Å². The molecule has 0 aliphatic carbocycles. The minimum Gasteiger partial charge on any atom is -0.481 e. The van der Waals surface area contributed by atoms with Crippen LogP contribution in [0.1, 0.15) is 27.6 Å². The molecule has 0 fully saturated rings. The first kappa shape index (κ1) is 26.5. The van der Waals surface area contributed by atoms with Gasteiger partial charge in [-0.1, -0.05) is 23.2 Å². The Bertz CT molecular complexity index is 962. The number of nitrogen functional groups attached to an aromatic ring is 1. The number of nitro benzene ring substituents is 1. The maximum Gasteiger partial charge on any atom is 0.337 e. The average Bonchev–Trinajstić information content (AvgIpc) is 2.57. The van der Waals surface area contributed by atoms with Crippen molar-refractivity contribution in [3.63, 3.8) is 0 Å². The molecule has 2 rings (SSSR count). The number of aliphatic carboxylic acids is 1. The zero-order valence-corrected chi connectivity index (χ0v) is 16.2. The summed E-state index contributed by atoms with van der Waals surface area (Å²) in [5.74, 6) is -5.39. The Balaban J connectivity index is 0.000000481. The number of anilines is 1. The molecule has 10 nitrogen and oxygen atoms in total. The summed E-state index contributed by atoms with van der Waals surface area (Å²) >= 11 is 10.8. The van der Waals surface area contributed by atoms with Crippen LogP contribution in [0, 0.1) is 21.7 Å². The number of nitro groups is 1. The molecule has 30 heavy (non-hydrogen) atoms. The number of nitrogens with two attached hydrogens (primary N) is 1. The van der Waals surface area contributed by atoms with E-state index in [1.807, 2.05) is 0 Å². The standard InChI is InChI=1S/C7H3ClFNO4.C7H5ClFNO2.C2H4O2/c8-4-2-5(9)6(10(13)14)1-3(4)7(11)12;8-4-2-5(9)6(10)1-3(4)7(11)12;1-2(3)4/h1-2H,(H,11,12);1-2H,10H2,(H,11,12);1H3,(H,3,4). The van der Waals surface area contributed by atoms with Crippen molar-refractivity contribution in [2.75, 3.05) is 5.73 Å². The number of halogens is 4. The first-order valence-corrected chi connectivity index (χ1v) is 7.98. The first-order valence-electron chi connectivity index (χ1n) is 7.23. The predicted octanol–water partition coefficient (Wildman–Crippen LogP) is 3.94. The number of nitrogens with zero attached hydrogens (tertiary/aromatic N) is 1. The quantitative estimate of drug-likeness (QED) is 0.294. The van der Waals surface area contributed by atoms with Gasteiger partial charge in [-0.15, -0.1) is 0 Å². The number of rotatable bonds is 3. The normalized spacial score (nSPS) is 9.37. The van der Waals surface area contributed by atoms with Crippen molar-refractivity contribution in [2.45, 2.75) is 6.92 Å². The second kappa shape index (κ2) is 11.5. The van der Waals surface area contributed by atoms with Gasteiger partial charge in [-0.2, -0.15) is 4.39 Å². The van der Waals surface area contributed by atoms with Crippen molar-refractivity contribution in [1.82, 2.24) is 0 Å². The second-order valence-corrected chi connectivity index (χ2v) is 5.84. The first-order chi connectivity index (χ1) is 13.7. The van der Waals surface area contributed by atoms with E-state index in [0.717, 1.165) is 19.1 Å².